The Hall–Kier alpha value is -6.23. The van der Waals surface area contributed by atoms with Gasteiger partial charge < -0.3 is 69.1 Å². The number of nitrogen functional groups attached to an aromatic ring is 1. The topological polar surface area (TPSA) is 605 Å². The van der Waals surface area contributed by atoms with Crippen molar-refractivity contribution < 1.29 is 121 Å². The van der Waals surface area contributed by atoms with Gasteiger partial charge in [0, 0.05) is 42.0 Å². The number of rotatable bonds is 29. The van der Waals surface area contributed by atoms with E-state index >= 15 is 0 Å². The van der Waals surface area contributed by atoms with Crippen molar-refractivity contribution >= 4 is 81.7 Å². The van der Waals surface area contributed by atoms with Crippen molar-refractivity contribution in [3.05, 3.63) is 127 Å². The predicted octanol–water partition coefficient (Wildman–Crippen LogP) is 3.92. The first-order valence-electron chi connectivity index (χ1n) is 23.6. The molecule has 0 radical (unpaired) electrons. The lowest BCUT2D eigenvalue weighted by Gasteiger charge is -2.22. The highest BCUT2D eigenvalue weighted by Crippen LogP contribution is 2.67. The summed E-state index contributed by atoms with van der Waals surface area (Å²) in [5.74, 6) is -2.11. The van der Waals surface area contributed by atoms with Gasteiger partial charge in [-0.05, 0) is 46.3 Å². The van der Waals surface area contributed by atoms with Crippen molar-refractivity contribution in [3.63, 3.8) is 0 Å². The number of benzene rings is 2. The van der Waals surface area contributed by atoms with Crippen LogP contribution in [-0.2, 0) is 90.3 Å². The van der Waals surface area contributed by atoms with Crippen LogP contribution >= 0.6 is 46.9 Å². The second-order valence-corrected chi connectivity index (χ2v) is 26.2. The zero-order valence-corrected chi connectivity index (χ0v) is 48.0. The number of azide groups is 2. The van der Waals surface area contributed by atoms with Crippen molar-refractivity contribution in [1.82, 2.24) is 29.1 Å². The van der Waals surface area contributed by atoms with Gasteiger partial charge in [0.15, 0.2) is 11.5 Å². The van der Waals surface area contributed by atoms with Gasteiger partial charge in [-0.2, -0.15) is 22.2 Å². The number of phosphoric ester groups is 2. The third kappa shape index (κ3) is 19.1. The summed E-state index contributed by atoms with van der Waals surface area (Å²) < 4.78 is 122. The molecule has 47 heteroatoms. The molecule has 0 saturated carbocycles. The molecule has 2 aliphatic rings. The number of esters is 2. The number of hydrogen-bond acceptors (Lipinski definition) is 27. The smallest absolute Gasteiger partial charge is 0.459 e. The molecule has 0 bridgehead atoms. The summed E-state index contributed by atoms with van der Waals surface area (Å²) in [7, 11) is -34.8. The Labute approximate surface area is 474 Å². The minimum atomic E-state index is -5.96. The number of aromatic nitrogens is 6. The molecule has 11 N–H and O–H groups in total. The standard InChI is InChI=1S/C38H46N14O27P6/c39-35-34-36(44-19-43-35)52(20-45-34)32-14-26(28(73-32)17-70-82(62,63)78-84(66,67)76-80(56,57)58)74-33(53)13-22-6-2-3-7-23(22)25(48-50-41)16-42-30-10-12-51(38(55)47-30)31-15-27(75-37(54)24-8-4-1-5-21(24)9-11-46-49-40)29(72-31)18-71-83(64,65)79-85(68,69)77-81(59,60)61/h1-8,10,12,19-20,25-29,31-32H,9,11,13-18H2,(H,62,63)(H,64,65)(H,66,67)(H,68,69)(H2,39,43,44)(H,42,47,55)(H2,56,57,58)(H2,59,60,61)/t25?,26?,27?,28-,29-,31-,32-/m1/s1. The fraction of sp³-hybridized carbons (Fsp3) is 0.395. The molecule has 5 aromatic rings. The third-order valence-corrected chi connectivity index (χ3v) is 19.2. The molecule has 0 amide bonds. The Kier molecular flexibility index (Phi) is 21.6. The zero-order valence-electron chi connectivity index (χ0n) is 42.6. The van der Waals surface area contributed by atoms with Crippen LogP contribution in [0.3, 0.4) is 0 Å². The highest BCUT2D eigenvalue weighted by Gasteiger charge is 2.47. The first-order valence-corrected chi connectivity index (χ1v) is 32.6. The lowest BCUT2D eigenvalue weighted by Crippen LogP contribution is -2.31. The lowest BCUT2D eigenvalue weighted by molar-refractivity contribution is -0.152. The van der Waals surface area contributed by atoms with E-state index in [0.29, 0.717) is 5.56 Å². The monoisotopic (exact) mass is 1320 g/mol. The molecule has 3 aromatic heterocycles. The van der Waals surface area contributed by atoms with Gasteiger partial charge in [-0.1, -0.05) is 52.7 Å². The number of nitrogens with zero attached hydrogens (tertiary/aromatic N) is 12. The van der Waals surface area contributed by atoms with Crippen LogP contribution in [0.15, 0.2) is 88.5 Å². The maximum Gasteiger partial charge on any atom is 0.490 e. The number of nitrogens with one attached hydrogen (secondary N) is 1. The summed E-state index contributed by atoms with van der Waals surface area (Å²) in [6.45, 7) is -2.49. The molecule has 41 nitrogen and oxygen atoms in total. The minimum absolute atomic E-state index is 0.00891. The van der Waals surface area contributed by atoms with E-state index in [1.54, 1.807) is 12.1 Å². The Morgan fingerprint density at radius 3 is 1.91 bits per heavy atom. The molecule has 5 heterocycles. The number of ether oxygens (including phenoxy) is 4. The van der Waals surface area contributed by atoms with Crippen LogP contribution in [0.5, 0.6) is 0 Å². The molecule has 0 spiro atoms. The van der Waals surface area contributed by atoms with Crippen molar-refractivity contribution in [3.8, 4) is 0 Å². The molecule has 85 heavy (non-hydrogen) atoms. The number of hydrogen-bond donors (Lipinski definition) is 10. The summed E-state index contributed by atoms with van der Waals surface area (Å²) in [5.41, 5.74) is 24.3. The maximum atomic E-state index is 13.8. The van der Waals surface area contributed by atoms with Gasteiger partial charge in [-0.3, -0.25) is 23.0 Å². The number of imidazole rings is 1. The zero-order chi connectivity index (χ0) is 62.1. The van der Waals surface area contributed by atoms with E-state index in [4.69, 9.17) is 58.8 Å². The van der Waals surface area contributed by atoms with Gasteiger partial charge in [0.2, 0.25) is 0 Å². The van der Waals surface area contributed by atoms with E-state index in [-0.39, 0.29) is 65.4 Å². The van der Waals surface area contributed by atoms with Gasteiger partial charge >= 0.3 is 64.6 Å². The van der Waals surface area contributed by atoms with Crippen LogP contribution in [0.1, 0.15) is 58.4 Å². The van der Waals surface area contributed by atoms with Crippen molar-refractivity contribution in [2.24, 2.45) is 10.2 Å². The lowest BCUT2D eigenvalue weighted by atomic mass is 9.98. The summed E-state index contributed by atoms with van der Waals surface area (Å²) >= 11 is 0. The van der Waals surface area contributed by atoms with Gasteiger partial charge in [0.1, 0.15) is 54.5 Å². The van der Waals surface area contributed by atoms with Crippen LogP contribution < -0.4 is 16.7 Å². The molecular formula is C38H46N14O27P6. The first-order chi connectivity index (χ1) is 39.8. The van der Waals surface area contributed by atoms with Crippen molar-refractivity contribution in [2.45, 2.75) is 68.6 Å². The van der Waals surface area contributed by atoms with Crippen LogP contribution in [-0.4, -0.2) is 131 Å². The minimum Gasteiger partial charge on any atom is -0.459 e. The molecule has 0 aliphatic carbocycles. The average molecular weight is 1320 g/mol. The number of phosphoric acid groups is 6. The molecule has 2 aliphatic heterocycles. The Balaban J connectivity index is 1.05. The SMILES string of the molecule is [N-]=[N+]=NCCc1ccccc1C(=O)OC1C[C@H](n2ccc(NCC(N=[N+]=[N-])c3ccccc3CC(=O)OC3C[C@H](n4cnc5c(N)ncnc54)O[C@@H]3COP(=O)(O)OP(=O)(O)OP(=O)(O)O)nc2=O)O[C@@H]1COP(=O)(O)OP(=O)(O)OP(=O)(O)O. The van der Waals surface area contributed by atoms with Crippen LogP contribution in [0.25, 0.3) is 32.0 Å². The second-order valence-electron chi connectivity index (χ2n) is 17.4. The fourth-order valence-electron chi connectivity index (χ4n) is 8.26. The number of carbonyl (C=O) groups excluding carboxylic acids is 2. The Morgan fingerprint density at radius 1 is 0.741 bits per heavy atom. The maximum absolute atomic E-state index is 13.8. The third-order valence-electron chi connectivity index (χ3n) is 11.6. The summed E-state index contributed by atoms with van der Waals surface area (Å²) in [6.07, 6.45) is -6.00. The van der Waals surface area contributed by atoms with Crippen molar-refractivity contribution in [1.29, 1.82) is 0 Å². The van der Waals surface area contributed by atoms with Crippen LogP contribution in [0, 0.1) is 0 Å². The first kappa shape index (κ1) is 66.3. The molecule has 7 rings (SSSR count). The number of carbonyl (C=O) groups is 2. The van der Waals surface area contributed by atoms with Gasteiger partial charge in [-0.15, -0.1) is 0 Å². The molecule has 2 aromatic carbocycles. The highest BCUT2D eigenvalue weighted by molar-refractivity contribution is 7.67. The number of anilines is 2. The predicted molar refractivity (Wildman–Crippen MR) is 279 cm³/mol. The normalized spacial score (nSPS) is 22.1. The molecule has 11 atom stereocenters. The molecule has 2 saturated heterocycles. The van der Waals surface area contributed by atoms with E-state index in [0.717, 1.165) is 17.1 Å². The quantitative estimate of drug-likeness (QED) is 0.0107. The van der Waals surface area contributed by atoms with E-state index in [1.165, 1.54) is 53.4 Å². The van der Waals surface area contributed by atoms with E-state index in [2.05, 4.69) is 62.5 Å². The van der Waals surface area contributed by atoms with E-state index < -0.39 is 134 Å². The Bertz CT molecular complexity index is 3760. The largest absolute Gasteiger partial charge is 0.490 e. The molecule has 7 unspecified atom stereocenters. The number of fused-ring (bicyclic) bond motifs is 1. The molecular weight excluding hydrogens is 1270 g/mol. The molecule has 460 valence electrons. The van der Waals surface area contributed by atoms with Gasteiger partial charge in [0.05, 0.1) is 37.6 Å². The summed E-state index contributed by atoms with van der Waals surface area (Å²) in [6, 6.07) is 12.1. The second kappa shape index (κ2) is 27.6. The highest BCUT2D eigenvalue weighted by atomic mass is 31.3. The average Bonchev–Trinajstić information content (AvgIpc) is 2.97. The van der Waals surface area contributed by atoms with Gasteiger partial charge in [-0.25, -0.2) is 51.9 Å². The van der Waals surface area contributed by atoms with Gasteiger partial charge in [0.25, 0.3) is 0 Å². The fourth-order valence-corrected chi connectivity index (χ4v) is 14.3. The molecule has 2 fully saturated rings. The van der Waals surface area contributed by atoms with E-state index in [1.807, 2.05) is 0 Å². The summed E-state index contributed by atoms with van der Waals surface area (Å²) in [5, 5.41) is 10.1. The van der Waals surface area contributed by atoms with Crippen LogP contribution in [0.2, 0.25) is 0 Å². The number of nitrogens with two attached hydrogens (primary N) is 1. The van der Waals surface area contributed by atoms with E-state index in [9.17, 15) is 66.9 Å². The summed E-state index contributed by atoms with van der Waals surface area (Å²) in [4.78, 5) is 138. The van der Waals surface area contributed by atoms with Crippen LogP contribution in [0.4, 0.5) is 11.6 Å². The Morgan fingerprint density at radius 2 is 1.32 bits per heavy atom. The van der Waals surface area contributed by atoms with Crippen molar-refractivity contribution in [2.75, 3.05) is 37.4 Å².